The van der Waals surface area contributed by atoms with E-state index >= 15 is 0 Å². The lowest BCUT2D eigenvalue weighted by Gasteiger charge is -2.02. The van der Waals surface area contributed by atoms with Crippen molar-refractivity contribution in [2.75, 3.05) is 0 Å². The smallest absolute Gasteiger partial charge is 0.263 e. The first kappa shape index (κ1) is 9.64. The van der Waals surface area contributed by atoms with Crippen LogP contribution in [0.3, 0.4) is 0 Å². The number of hydrogen-bond donors (Lipinski definition) is 1. The SMILES string of the molecule is C/C(=N\O)c1cccc(C(F)F)c1. The molecule has 0 saturated carbocycles. The van der Waals surface area contributed by atoms with Crippen LogP contribution in [0.2, 0.25) is 0 Å². The Labute approximate surface area is 74.5 Å². The molecule has 1 aromatic rings. The van der Waals surface area contributed by atoms with Crippen LogP contribution in [-0.4, -0.2) is 10.9 Å². The predicted molar refractivity (Wildman–Crippen MR) is 45.4 cm³/mol. The largest absolute Gasteiger partial charge is 0.411 e. The highest BCUT2D eigenvalue weighted by Gasteiger charge is 2.07. The molecule has 0 aliphatic heterocycles. The summed E-state index contributed by atoms with van der Waals surface area (Å²) in [6.07, 6.45) is -2.49. The Morgan fingerprint density at radius 2 is 2.15 bits per heavy atom. The van der Waals surface area contributed by atoms with Gasteiger partial charge in [-0.2, -0.15) is 0 Å². The van der Waals surface area contributed by atoms with Gasteiger partial charge in [-0.25, -0.2) is 8.78 Å². The van der Waals surface area contributed by atoms with Crippen molar-refractivity contribution in [1.82, 2.24) is 0 Å². The van der Waals surface area contributed by atoms with Crippen molar-refractivity contribution in [3.05, 3.63) is 35.4 Å². The molecule has 0 spiro atoms. The zero-order valence-electron chi connectivity index (χ0n) is 7.04. The van der Waals surface area contributed by atoms with Gasteiger partial charge in [0.25, 0.3) is 6.43 Å². The van der Waals surface area contributed by atoms with Gasteiger partial charge in [-0.05, 0) is 18.6 Å². The van der Waals surface area contributed by atoms with Crippen LogP contribution in [0.15, 0.2) is 29.4 Å². The maximum absolute atomic E-state index is 12.2. The van der Waals surface area contributed by atoms with E-state index in [1.807, 2.05) is 0 Å². The molecule has 0 amide bonds. The Kier molecular flexibility index (Phi) is 2.95. The number of rotatable bonds is 2. The zero-order chi connectivity index (χ0) is 9.84. The maximum atomic E-state index is 12.2. The number of halogens is 2. The minimum Gasteiger partial charge on any atom is -0.411 e. The van der Waals surface area contributed by atoms with Crippen LogP contribution in [0.5, 0.6) is 0 Å². The first-order chi connectivity index (χ1) is 6.15. The predicted octanol–water partition coefficient (Wildman–Crippen LogP) is 2.82. The summed E-state index contributed by atoms with van der Waals surface area (Å²) in [6, 6.07) is 5.75. The maximum Gasteiger partial charge on any atom is 0.263 e. The summed E-state index contributed by atoms with van der Waals surface area (Å²) in [4.78, 5) is 0. The van der Waals surface area contributed by atoms with Crippen LogP contribution < -0.4 is 0 Å². The Morgan fingerprint density at radius 1 is 1.46 bits per heavy atom. The molecule has 1 aromatic carbocycles. The second-order valence-corrected chi connectivity index (χ2v) is 2.61. The Hall–Kier alpha value is -1.45. The quantitative estimate of drug-likeness (QED) is 0.429. The van der Waals surface area contributed by atoms with E-state index in [1.54, 1.807) is 13.0 Å². The Morgan fingerprint density at radius 3 is 2.69 bits per heavy atom. The van der Waals surface area contributed by atoms with Crippen molar-refractivity contribution < 1.29 is 14.0 Å². The van der Waals surface area contributed by atoms with Crippen LogP contribution in [0.4, 0.5) is 8.78 Å². The molecule has 0 bridgehead atoms. The lowest BCUT2D eigenvalue weighted by molar-refractivity contribution is 0.151. The summed E-state index contributed by atoms with van der Waals surface area (Å²) in [7, 11) is 0. The summed E-state index contributed by atoms with van der Waals surface area (Å²) < 4.78 is 24.4. The standard InChI is InChI=1S/C9H9F2NO/c1-6(12-13)7-3-2-4-8(5-7)9(10)11/h2-5,9,13H,1H3/b12-6+. The van der Waals surface area contributed by atoms with Gasteiger partial charge in [0.05, 0.1) is 5.71 Å². The molecule has 0 fully saturated rings. The number of benzene rings is 1. The second kappa shape index (κ2) is 3.98. The van der Waals surface area contributed by atoms with E-state index in [0.29, 0.717) is 11.3 Å². The van der Waals surface area contributed by atoms with E-state index in [9.17, 15) is 8.78 Å². The monoisotopic (exact) mass is 185 g/mol. The highest BCUT2D eigenvalue weighted by Crippen LogP contribution is 2.19. The van der Waals surface area contributed by atoms with Crippen LogP contribution >= 0.6 is 0 Å². The normalized spacial score (nSPS) is 12.2. The van der Waals surface area contributed by atoms with Gasteiger partial charge in [-0.3, -0.25) is 0 Å². The summed E-state index contributed by atoms with van der Waals surface area (Å²) >= 11 is 0. The van der Waals surface area contributed by atoms with E-state index in [-0.39, 0.29) is 5.56 Å². The molecule has 70 valence electrons. The van der Waals surface area contributed by atoms with E-state index < -0.39 is 6.43 Å². The fraction of sp³-hybridized carbons (Fsp3) is 0.222. The molecular weight excluding hydrogens is 176 g/mol. The van der Waals surface area contributed by atoms with Gasteiger partial charge in [0.2, 0.25) is 0 Å². The molecule has 0 heterocycles. The minimum absolute atomic E-state index is 0.0690. The molecule has 0 unspecified atom stereocenters. The highest BCUT2D eigenvalue weighted by molar-refractivity contribution is 5.98. The molecule has 0 aromatic heterocycles. The lowest BCUT2D eigenvalue weighted by atomic mass is 10.1. The van der Waals surface area contributed by atoms with Crippen LogP contribution in [0.25, 0.3) is 0 Å². The molecule has 1 rings (SSSR count). The van der Waals surface area contributed by atoms with Crippen molar-refractivity contribution in [2.45, 2.75) is 13.3 Å². The third kappa shape index (κ3) is 2.24. The first-order valence-electron chi connectivity index (χ1n) is 3.72. The molecule has 0 aliphatic carbocycles. The van der Waals surface area contributed by atoms with Crippen LogP contribution in [-0.2, 0) is 0 Å². The van der Waals surface area contributed by atoms with E-state index in [2.05, 4.69) is 5.16 Å². The second-order valence-electron chi connectivity index (χ2n) is 2.61. The summed E-state index contributed by atoms with van der Waals surface area (Å²) in [5, 5.41) is 11.3. The number of hydrogen-bond acceptors (Lipinski definition) is 2. The summed E-state index contributed by atoms with van der Waals surface area (Å²) in [5.74, 6) is 0. The minimum atomic E-state index is -2.49. The van der Waals surface area contributed by atoms with E-state index in [0.717, 1.165) is 0 Å². The molecule has 2 nitrogen and oxygen atoms in total. The molecular formula is C9H9F2NO. The Bertz CT molecular complexity index is 323. The number of oxime groups is 1. The topological polar surface area (TPSA) is 32.6 Å². The highest BCUT2D eigenvalue weighted by atomic mass is 19.3. The van der Waals surface area contributed by atoms with Crippen molar-refractivity contribution in [3.8, 4) is 0 Å². The molecule has 0 atom stereocenters. The third-order valence-electron chi connectivity index (χ3n) is 1.71. The average molecular weight is 185 g/mol. The number of nitrogens with zero attached hydrogens (tertiary/aromatic N) is 1. The van der Waals surface area contributed by atoms with Gasteiger partial charge in [0.15, 0.2) is 0 Å². The van der Waals surface area contributed by atoms with Crippen LogP contribution in [0, 0.1) is 0 Å². The van der Waals surface area contributed by atoms with Gasteiger partial charge >= 0.3 is 0 Å². The Balaban J connectivity index is 3.05. The van der Waals surface area contributed by atoms with Crippen molar-refractivity contribution in [3.63, 3.8) is 0 Å². The van der Waals surface area contributed by atoms with Crippen molar-refractivity contribution >= 4 is 5.71 Å². The molecule has 0 aliphatic rings. The van der Waals surface area contributed by atoms with Gasteiger partial charge in [-0.1, -0.05) is 23.4 Å². The third-order valence-corrected chi connectivity index (χ3v) is 1.71. The fourth-order valence-electron chi connectivity index (χ4n) is 0.957. The van der Waals surface area contributed by atoms with Gasteiger partial charge in [-0.15, -0.1) is 0 Å². The average Bonchev–Trinajstić information content (AvgIpc) is 2.17. The summed E-state index contributed by atoms with van der Waals surface area (Å²) in [6.45, 7) is 1.55. The molecule has 0 radical (unpaired) electrons. The van der Waals surface area contributed by atoms with Crippen LogP contribution in [0.1, 0.15) is 24.5 Å². The van der Waals surface area contributed by atoms with Gasteiger partial charge in [0.1, 0.15) is 0 Å². The molecule has 13 heavy (non-hydrogen) atoms. The lowest BCUT2D eigenvalue weighted by Crippen LogP contribution is -1.95. The van der Waals surface area contributed by atoms with E-state index in [1.165, 1.54) is 18.2 Å². The molecule has 1 N–H and O–H groups in total. The number of alkyl halides is 2. The zero-order valence-corrected chi connectivity index (χ0v) is 7.04. The van der Waals surface area contributed by atoms with Gasteiger partial charge in [0, 0.05) is 5.56 Å². The first-order valence-corrected chi connectivity index (χ1v) is 3.72. The van der Waals surface area contributed by atoms with Crippen molar-refractivity contribution in [1.29, 1.82) is 0 Å². The van der Waals surface area contributed by atoms with Gasteiger partial charge < -0.3 is 5.21 Å². The fourth-order valence-corrected chi connectivity index (χ4v) is 0.957. The summed E-state index contributed by atoms with van der Waals surface area (Å²) in [5.41, 5.74) is 0.753. The molecule has 0 saturated heterocycles. The molecule has 4 heteroatoms. The van der Waals surface area contributed by atoms with Crippen molar-refractivity contribution in [2.24, 2.45) is 5.16 Å². The van der Waals surface area contributed by atoms with E-state index in [4.69, 9.17) is 5.21 Å².